The van der Waals surface area contributed by atoms with E-state index in [1.165, 1.54) is 6.07 Å². The van der Waals surface area contributed by atoms with Crippen LogP contribution in [0.25, 0.3) is 10.9 Å². The van der Waals surface area contributed by atoms with E-state index in [2.05, 4.69) is 5.10 Å². The van der Waals surface area contributed by atoms with E-state index in [1.54, 1.807) is 16.8 Å². The van der Waals surface area contributed by atoms with E-state index in [0.717, 1.165) is 0 Å². The average molecular weight is 199 g/mol. The quantitative estimate of drug-likeness (QED) is 0.689. The highest BCUT2D eigenvalue weighted by Crippen LogP contribution is 2.25. The van der Waals surface area contributed by atoms with Gasteiger partial charge in [0.1, 0.15) is 11.0 Å². The van der Waals surface area contributed by atoms with Crippen LogP contribution in [0, 0.1) is 5.82 Å². The van der Waals surface area contributed by atoms with Crippen molar-refractivity contribution >= 4 is 22.5 Å². The molecule has 1 aromatic heterocycles. The van der Waals surface area contributed by atoms with Gasteiger partial charge in [0.25, 0.3) is 0 Å². The van der Waals surface area contributed by atoms with Crippen molar-refractivity contribution in [1.29, 1.82) is 0 Å². The highest BCUT2D eigenvalue weighted by molar-refractivity contribution is 6.34. The third-order valence-electron chi connectivity index (χ3n) is 1.95. The van der Waals surface area contributed by atoms with Gasteiger partial charge in [-0.05, 0) is 19.1 Å². The molecule has 0 aliphatic heterocycles. The maximum Gasteiger partial charge on any atom is 0.137 e. The van der Waals surface area contributed by atoms with Crippen molar-refractivity contribution in [3.05, 3.63) is 29.2 Å². The Balaban J connectivity index is 2.85. The molecule has 0 bridgehead atoms. The monoisotopic (exact) mass is 198 g/mol. The fourth-order valence-corrected chi connectivity index (χ4v) is 1.66. The zero-order valence-electron chi connectivity index (χ0n) is 7.09. The van der Waals surface area contributed by atoms with Crippen LogP contribution in [0.2, 0.25) is 5.15 Å². The molecule has 0 unspecified atom stereocenters. The second-order valence-corrected chi connectivity index (χ2v) is 3.10. The number of hydrogen-bond donors (Lipinski definition) is 0. The van der Waals surface area contributed by atoms with Crippen LogP contribution in [0.5, 0.6) is 0 Å². The van der Waals surface area contributed by atoms with Crippen LogP contribution in [0.1, 0.15) is 6.92 Å². The summed E-state index contributed by atoms with van der Waals surface area (Å²) in [4.78, 5) is 0. The van der Waals surface area contributed by atoms with Gasteiger partial charge >= 0.3 is 0 Å². The summed E-state index contributed by atoms with van der Waals surface area (Å²) in [5, 5.41) is 4.92. The summed E-state index contributed by atoms with van der Waals surface area (Å²) < 4.78 is 14.8. The summed E-state index contributed by atoms with van der Waals surface area (Å²) in [6.45, 7) is 2.56. The topological polar surface area (TPSA) is 17.8 Å². The first kappa shape index (κ1) is 8.51. The largest absolute Gasteiger partial charge is 0.253 e. The lowest BCUT2D eigenvalue weighted by Crippen LogP contribution is -1.94. The van der Waals surface area contributed by atoms with Crippen LogP contribution >= 0.6 is 11.6 Å². The van der Waals surface area contributed by atoms with Crippen LogP contribution in [-0.2, 0) is 6.54 Å². The molecule has 68 valence electrons. The zero-order valence-corrected chi connectivity index (χ0v) is 7.85. The zero-order chi connectivity index (χ0) is 9.42. The van der Waals surface area contributed by atoms with Gasteiger partial charge in [0.05, 0.1) is 10.9 Å². The Labute approximate surface area is 79.9 Å². The van der Waals surface area contributed by atoms with Crippen LogP contribution < -0.4 is 0 Å². The number of halogens is 2. The first-order valence-electron chi connectivity index (χ1n) is 4.04. The molecule has 0 aliphatic carbocycles. The van der Waals surface area contributed by atoms with Crippen molar-refractivity contribution in [3.8, 4) is 0 Å². The van der Waals surface area contributed by atoms with Gasteiger partial charge in [-0.1, -0.05) is 17.7 Å². The summed E-state index contributed by atoms with van der Waals surface area (Å²) in [6, 6.07) is 4.76. The summed E-state index contributed by atoms with van der Waals surface area (Å²) in [5.74, 6) is -0.317. The molecule has 0 saturated carbocycles. The normalized spacial score (nSPS) is 11.0. The van der Waals surface area contributed by atoms with Gasteiger partial charge in [0, 0.05) is 6.54 Å². The van der Waals surface area contributed by atoms with E-state index in [1.807, 2.05) is 6.92 Å². The maximum absolute atomic E-state index is 13.3. The summed E-state index contributed by atoms with van der Waals surface area (Å²) in [7, 11) is 0. The Kier molecular flexibility index (Phi) is 1.96. The van der Waals surface area contributed by atoms with Crippen molar-refractivity contribution < 1.29 is 4.39 Å². The third-order valence-corrected chi connectivity index (χ3v) is 2.34. The lowest BCUT2D eigenvalue weighted by molar-refractivity contribution is 0.638. The first-order chi connectivity index (χ1) is 6.24. The van der Waals surface area contributed by atoms with E-state index < -0.39 is 0 Å². The lowest BCUT2D eigenvalue weighted by atomic mass is 10.2. The molecule has 4 heteroatoms. The maximum atomic E-state index is 13.3. The molecule has 0 atom stereocenters. The van der Waals surface area contributed by atoms with Crippen LogP contribution in [0.15, 0.2) is 18.2 Å². The summed E-state index contributed by atoms with van der Waals surface area (Å²) >= 11 is 5.92. The van der Waals surface area contributed by atoms with Gasteiger partial charge < -0.3 is 0 Å². The minimum Gasteiger partial charge on any atom is -0.253 e. The van der Waals surface area contributed by atoms with Gasteiger partial charge in [-0.15, -0.1) is 0 Å². The first-order valence-corrected chi connectivity index (χ1v) is 4.42. The molecule has 2 nitrogen and oxygen atoms in total. The van der Waals surface area contributed by atoms with E-state index in [0.29, 0.717) is 22.6 Å². The number of aromatic nitrogens is 2. The minimum absolute atomic E-state index is 0.317. The number of benzene rings is 1. The minimum atomic E-state index is -0.317. The molecule has 0 saturated heterocycles. The van der Waals surface area contributed by atoms with Crippen LogP contribution in [0.3, 0.4) is 0 Å². The number of rotatable bonds is 1. The standard InChI is InChI=1S/C9H8ClFN2/c1-2-13-9(10)8-6(11)4-3-5-7(8)12-13/h3-5H,2H2,1H3. The highest BCUT2D eigenvalue weighted by atomic mass is 35.5. The lowest BCUT2D eigenvalue weighted by Gasteiger charge is -1.94. The molecule has 0 amide bonds. The molecule has 0 radical (unpaired) electrons. The molecule has 0 spiro atoms. The Morgan fingerprint density at radius 2 is 2.31 bits per heavy atom. The van der Waals surface area contributed by atoms with Crippen LogP contribution in [0.4, 0.5) is 4.39 Å². The molecule has 0 fully saturated rings. The Bertz CT molecular complexity index is 450. The molecular weight excluding hydrogens is 191 g/mol. The fourth-order valence-electron chi connectivity index (χ4n) is 1.31. The highest BCUT2D eigenvalue weighted by Gasteiger charge is 2.11. The van der Waals surface area contributed by atoms with Gasteiger partial charge in [-0.25, -0.2) is 4.39 Å². The molecule has 0 aliphatic rings. The van der Waals surface area contributed by atoms with Gasteiger partial charge in [-0.2, -0.15) is 5.10 Å². The van der Waals surface area contributed by atoms with Gasteiger partial charge in [-0.3, -0.25) is 4.68 Å². The SMILES string of the molecule is CCn1nc2cccc(F)c2c1Cl. The molecule has 1 heterocycles. The smallest absolute Gasteiger partial charge is 0.137 e. The number of hydrogen-bond acceptors (Lipinski definition) is 1. The van der Waals surface area contributed by atoms with Crippen molar-refractivity contribution in [2.75, 3.05) is 0 Å². The van der Waals surface area contributed by atoms with E-state index in [4.69, 9.17) is 11.6 Å². The second kappa shape index (κ2) is 3.00. The van der Waals surface area contributed by atoms with Crippen LogP contribution in [-0.4, -0.2) is 9.78 Å². The number of aryl methyl sites for hydroxylation is 1. The Hall–Kier alpha value is -1.09. The predicted molar refractivity (Wildman–Crippen MR) is 50.4 cm³/mol. The van der Waals surface area contributed by atoms with Crippen molar-refractivity contribution in [2.45, 2.75) is 13.5 Å². The Morgan fingerprint density at radius 3 is 2.92 bits per heavy atom. The van der Waals surface area contributed by atoms with E-state index in [-0.39, 0.29) is 5.82 Å². The van der Waals surface area contributed by atoms with Crippen molar-refractivity contribution in [1.82, 2.24) is 9.78 Å². The Morgan fingerprint density at radius 1 is 1.54 bits per heavy atom. The summed E-state index contributed by atoms with van der Waals surface area (Å²) in [5.41, 5.74) is 0.604. The third kappa shape index (κ3) is 1.20. The molecule has 0 N–H and O–H groups in total. The van der Waals surface area contributed by atoms with E-state index >= 15 is 0 Å². The number of fused-ring (bicyclic) bond motifs is 1. The molecule has 2 aromatic rings. The predicted octanol–water partition coefficient (Wildman–Crippen LogP) is 2.85. The average Bonchev–Trinajstić information content (AvgIpc) is 2.44. The second-order valence-electron chi connectivity index (χ2n) is 2.74. The van der Waals surface area contributed by atoms with Gasteiger partial charge in [0.15, 0.2) is 0 Å². The number of nitrogens with zero attached hydrogens (tertiary/aromatic N) is 2. The molecule has 13 heavy (non-hydrogen) atoms. The van der Waals surface area contributed by atoms with Gasteiger partial charge in [0.2, 0.25) is 0 Å². The molecule has 1 aromatic carbocycles. The molecular formula is C9H8ClFN2. The summed E-state index contributed by atoms with van der Waals surface area (Å²) in [6.07, 6.45) is 0. The van der Waals surface area contributed by atoms with E-state index in [9.17, 15) is 4.39 Å². The molecule has 2 rings (SSSR count). The van der Waals surface area contributed by atoms with Crippen molar-refractivity contribution in [2.24, 2.45) is 0 Å². The van der Waals surface area contributed by atoms with Crippen molar-refractivity contribution in [3.63, 3.8) is 0 Å². The fraction of sp³-hybridized carbons (Fsp3) is 0.222.